The number of rotatable bonds is 8. The minimum atomic E-state index is -2.65. The summed E-state index contributed by atoms with van der Waals surface area (Å²) in [5.41, 5.74) is 2.75. The number of pyridine rings is 2. The molecule has 0 bridgehead atoms. The fourth-order valence-electron chi connectivity index (χ4n) is 6.54. The van der Waals surface area contributed by atoms with Crippen LogP contribution in [-0.2, 0) is 23.4 Å². The standard InChI is InChI=1S/C34H39F2N7O4/c1-3-21-17-43(33(44)39-24-5-4-22(26(13-24)31(35)36)16-42-10-8-41(2)9-11-42)18-23-12-25(15-38-30(21)23)47-28-6-7-37-32-27(28)14-29(40-32)34(45)19-46-20-34/h4-7,12-15,21,31,45H,3,8-11,16-20H2,1-2H3,(H,37,40)(H,39,44)/t21-/m0/s1. The summed E-state index contributed by atoms with van der Waals surface area (Å²) in [7, 11) is 2.06. The van der Waals surface area contributed by atoms with Gasteiger partial charge in [-0.2, -0.15) is 0 Å². The summed E-state index contributed by atoms with van der Waals surface area (Å²) >= 11 is 0. The number of halogens is 2. The lowest BCUT2D eigenvalue weighted by Gasteiger charge is -2.35. The molecular weight excluding hydrogens is 608 g/mol. The summed E-state index contributed by atoms with van der Waals surface area (Å²) in [4.78, 5) is 31.9. The topological polar surface area (TPSA) is 119 Å². The van der Waals surface area contributed by atoms with Crippen molar-refractivity contribution in [1.82, 2.24) is 29.7 Å². The molecule has 6 heterocycles. The third kappa shape index (κ3) is 6.40. The molecule has 248 valence electrons. The molecule has 3 aromatic heterocycles. The molecule has 0 spiro atoms. The molecule has 3 N–H and O–H groups in total. The summed E-state index contributed by atoms with van der Waals surface area (Å²) in [6.07, 6.45) is 1.42. The van der Waals surface area contributed by atoms with Crippen molar-refractivity contribution in [2.24, 2.45) is 0 Å². The Hall–Kier alpha value is -4.17. The van der Waals surface area contributed by atoms with E-state index in [0.29, 0.717) is 52.6 Å². The molecule has 4 aromatic rings. The number of fused-ring (bicyclic) bond motifs is 2. The monoisotopic (exact) mass is 647 g/mol. The van der Waals surface area contributed by atoms with Gasteiger partial charge in [0.25, 0.3) is 6.43 Å². The van der Waals surface area contributed by atoms with Crippen LogP contribution in [0.1, 0.15) is 53.8 Å². The third-order valence-electron chi connectivity index (χ3n) is 9.47. The molecule has 3 aliphatic rings. The van der Waals surface area contributed by atoms with Gasteiger partial charge in [0, 0.05) is 69.2 Å². The van der Waals surface area contributed by atoms with E-state index in [4.69, 9.17) is 14.5 Å². The van der Waals surface area contributed by atoms with Crippen LogP contribution in [0.25, 0.3) is 11.0 Å². The van der Waals surface area contributed by atoms with Crippen LogP contribution >= 0.6 is 0 Å². The quantitative estimate of drug-likeness (QED) is 0.239. The Kier molecular flexibility index (Phi) is 8.56. The van der Waals surface area contributed by atoms with E-state index in [1.807, 2.05) is 19.1 Å². The van der Waals surface area contributed by atoms with Gasteiger partial charge in [-0.1, -0.05) is 13.0 Å². The van der Waals surface area contributed by atoms with Crippen LogP contribution in [0.2, 0.25) is 0 Å². The van der Waals surface area contributed by atoms with Crippen LogP contribution in [0.4, 0.5) is 19.3 Å². The van der Waals surface area contributed by atoms with Crippen LogP contribution in [0.3, 0.4) is 0 Å². The number of ether oxygens (including phenoxy) is 2. The van der Waals surface area contributed by atoms with E-state index < -0.39 is 12.0 Å². The molecule has 0 radical (unpaired) electrons. The molecule has 0 saturated carbocycles. The highest BCUT2D eigenvalue weighted by Crippen LogP contribution is 2.37. The maximum absolute atomic E-state index is 14.1. The van der Waals surface area contributed by atoms with Gasteiger partial charge in [-0.3, -0.25) is 9.88 Å². The largest absolute Gasteiger partial charge is 0.455 e. The fourth-order valence-corrected chi connectivity index (χ4v) is 6.54. The molecule has 2 amide bonds. The first-order chi connectivity index (χ1) is 22.7. The smallest absolute Gasteiger partial charge is 0.322 e. The second-order valence-electron chi connectivity index (χ2n) is 12.8. The molecule has 11 nitrogen and oxygen atoms in total. The number of alkyl halides is 2. The van der Waals surface area contributed by atoms with Gasteiger partial charge in [0.1, 0.15) is 17.1 Å². The number of aromatic amines is 1. The second kappa shape index (κ2) is 12.8. The Labute approximate surface area is 271 Å². The Morgan fingerprint density at radius 1 is 1.17 bits per heavy atom. The van der Waals surface area contributed by atoms with Crippen LogP contribution < -0.4 is 10.1 Å². The molecule has 2 saturated heterocycles. The summed E-state index contributed by atoms with van der Waals surface area (Å²) in [5.74, 6) is 1.05. The molecule has 2 fully saturated rings. The van der Waals surface area contributed by atoms with E-state index in [-0.39, 0.29) is 37.3 Å². The number of anilines is 1. The summed E-state index contributed by atoms with van der Waals surface area (Å²) in [5, 5.41) is 14.3. The van der Waals surface area contributed by atoms with Gasteiger partial charge in [0.05, 0.1) is 36.2 Å². The zero-order valence-electron chi connectivity index (χ0n) is 26.5. The predicted octanol–water partition coefficient (Wildman–Crippen LogP) is 5.19. The molecular formula is C34H39F2N7O4. The van der Waals surface area contributed by atoms with Crippen molar-refractivity contribution in [3.63, 3.8) is 0 Å². The van der Waals surface area contributed by atoms with Crippen LogP contribution in [0.5, 0.6) is 11.5 Å². The van der Waals surface area contributed by atoms with E-state index in [1.165, 1.54) is 6.07 Å². The first-order valence-corrected chi connectivity index (χ1v) is 16.0. The summed E-state index contributed by atoms with van der Waals surface area (Å²) < 4.78 is 39.7. The van der Waals surface area contributed by atoms with Gasteiger partial charge in [-0.25, -0.2) is 18.6 Å². The molecule has 1 aromatic carbocycles. The van der Waals surface area contributed by atoms with Crippen molar-refractivity contribution >= 4 is 22.8 Å². The Morgan fingerprint density at radius 3 is 2.70 bits per heavy atom. The highest BCUT2D eigenvalue weighted by Gasteiger charge is 2.40. The van der Waals surface area contributed by atoms with Gasteiger partial charge < -0.3 is 34.7 Å². The number of H-pyrrole nitrogens is 1. The number of urea groups is 1. The van der Waals surface area contributed by atoms with Crippen molar-refractivity contribution in [2.45, 2.75) is 44.4 Å². The first kappa shape index (κ1) is 31.4. The average Bonchev–Trinajstić information content (AvgIpc) is 3.50. The number of piperazine rings is 1. The molecule has 1 atom stereocenters. The molecule has 0 unspecified atom stereocenters. The number of nitrogens with zero attached hydrogens (tertiary/aromatic N) is 5. The lowest BCUT2D eigenvalue weighted by atomic mass is 9.92. The van der Waals surface area contributed by atoms with Gasteiger partial charge in [0.2, 0.25) is 0 Å². The zero-order valence-corrected chi connectivity index (χ0v) is 26.5. The molecule has 7 rings (SSSR count). The lowest BCUT2D eigenvalue weighted by Crippen LogP contribution is -2.46. The second-order valence-corrected chi connectivity index (χ2v) is 12.8. The summed E-state index contributed by atoms with van der Waals surface area (Å²) in [6.45, 7) is 7.13. The average molecular weight is 648 g/mol. The number of carbonyl (C=O) groups excluding carboxylic acids is 1. The maximum Gasteiger partial charge on any atom is 0.322 e. The highest BCUT2D eigenvalue weighted by molar-refractivity contribution is 5.89. The van der Waals surface area contributed by atoms with Crippen molar-refractivity contribution < 1.29 is 28.2 Å². The van der Waals surface area contributed by atoms with E-state index in [2.05, 4.69) is 32.1 Å². The maximum atomic E-state index is 14.1. The first-order valence-electron chi connectivity index (χ1n) is 16.0. The number of hydrogen-bond donors (Lipinski definition) is 3. The highest BCUT2D eigenvalue weighted by atomic mass is 19.3. The number of aliphatic hydroxyl groups is 1. The van der Waals surface area contributed by atoms with Crippen LogP contribution in [0, 0.1) is 0 Å². The van der Waals surface area contributed by atoms with Gasteiger partial charge >= 0.3 is 6.03 Å². The zero-order chi connectivity index (χ0) is 32.7. The molecule has 47 heavy (non-hydrogen) atoms. The predicted molar refractivity (Wildman–Crippen MR) is 172 cm³/mol. The van der Waals surface area contributed by atoms with Crippen LogP contribution in [-0.4, -0.2) is 93.8 Å². The number of likely N-dealkylation sites (N-methyl/N-ethyl adjacent to an activating group) is 1. The van der Waals surface area contributed by atoms with Crippen molar-refractivity contribution in [1.29, 1.82) is 0 Å². The van der Waals surface area contributed by atoms with Gasteiger partial charge in [-0.05, 0) is 54.9 Å². The van der Waals surface area contributed by atoms with Gasteiger partial charge in [-0.15, -0.1) is 0 Å². The van der Waals surface area contributed by atoms with Crippen molar-refractivity contribution in [3.05, 3.63) is 76.9 Å². The molecule has 0 aliphatic carbocycles. The number of amides is 2. The van der Waals surface area contributed by atoms with E-state index in [1.54, 1.807) is 35.5 Å². The Balaban J connectivity index is 1.07. The number of benzene rings is 1. The minimum absolute atomic E-state index is 0.00597. The number of nitrogens with one attached hydrogen (secondary N) is 2. The third-order valence-corrected chi connectivity index (χ3v) is 9.47. The van der Waals surface area contributed by atoms with E-state index in [0.717, 1.165) is 43.9 Å². The van der Waals surface area contributed by atoms with E-state index in [9.17, 15) is 18.7 Å². The lowest BCUT2D eigenvalue weighted by molar-refractivity contribution is -0.186. The SMILES string of the molecule is CC[C@H]1CN(C(=O)Nc2ccc(CN3CCN(C)CC3)c(C(F)F)c2)Cc2cc(Oc3ccnc4[nH]c(C5(O)COC5)cc34)cnc21. The van der Waals surface area contributed by atoms with Crippen molar-refractivity contribution in [3.8, 4) is 11.5 Å². The Morgan fingerprint density at radius 2 is 1.98 bits per heavy atom. The van der Waals surface area contributed by atoms with Crippen LogP contribution in [0.15, 0.2) is 48.8 Å². The number of aromatic nitrogens is 3. The fraction of sp³-hybridized carbons (Fsp3) is 0.441. The summed E-state index contributed by atoms with van der Waals surface area (Å²) in [6, 6.07) is 9.91. The molecule has 13 heteroatoms. The van der Waals surface area contributed by atoms with Gasteiger partial charge in [0.15, 0.2) is 5.60 Å². The van der Waals surface area contributed by atoms with Crippen molar-refractivity contribution in [2.75, 3.05) is 58.3 Å². The number of hydrogen-bond acceptors (Lipinski definition) is 8. The minimum Gasteiger partial charge on any atom is -0.455 e. The molecule has 3 aliphatic heterocycles. The Bertz CT molecular complexity index is 1770. The number of carbonyl (C=O) groups is 1. The van der Waals surface area contributed by atoms with E-state index >= 15 is 0 Å². The normalized spacial score (nSPS) is 19.9.